The van der Waals surface area contributed by atoms with Crippen LogP contribution in [0.4, 0.5) is 0 Å². The Bertz CT molecular complexity index is 373. The second-order valence-corrected chi connectivity index (χ2v) is 6.89. The van der Waals surface area contributed by atoms with Crippen LogP contribution in [0.1, 0.15) is 13.8 Å². The van der Waals surface area contributed by atoms with Crippen molar-refractivity contribution in [3.63, 3.8) is 0 Å². The molecule has 0 radical (unpaired) electrons. The molecule has 0 atom stereocenters. The van der Waals surface area contributed by atoms with Crippen LogP contribution in [0.3, 0.4) is 0 Å². The molecule has 0 aliphatic rings. The van der Waals surface area contributed by atoms with Crippen molar-refractivity contribution in [3.05, 3.63) is 0 Å². The second-order valence-electron chi connectivity index (χ2n) is 2.74. The van der Waals surface area contributed by atoms with E-state index in [1.165, 1.54) is 14.0 Å². The summed E-state index contributed by atoms with van der Waals surface area (Å²) in [6.07, 6.45) is 0.959. The SMILES string of the molecule is CCN(N(C)S(C)(=O)=O)S(=O)(=O)CC. The Kier molecular flexibility index (Phi) is 4.50. The number of hydrogen-bond donors (Lipinski definition) is 0. The fraction of sp³-hybridized carbons (Fsp3) is 1.00. The molecule has 0 spiro atoms. The van der Waals surface area contributed by atoms with Crippen molar-refractivity contribution in [1.82, 2.24) is 8.83 Å². The van der Waals surface area contributed by atoms with Crippen molar-refractivity contribution in [3.8, 4) is 0 Å². The van der Waals surface area contributed by atoms with E-state index < -0.39 is 20.0 Å². The van der Waals surface area contributed by atoms with Crippen LogP contribution < -0.4 is 0 Å². The summed E-state index contributed by atoms with van der Waals surface area (Å²) >= 11 is 0. The van der Waals surface area contributed by atoms with Crippen LogP contribution >= 0.6 is 0 Å². The van der Waals surface area contributed by atoms with Crippen molar-refractivity contribution in [2.75, 3.05) is 25.6 Å². The number of nitrogens with zero attached hydrogens (tertiary/aromatic N) is 2. The van der Waals surface area contributed by atoms with E-state index in [0.29, 0.717) is 0 Å². The summed E-state index contributed by atoms with van der Waals surface area (Å²) in [5, 5.41) is 0. The van der Waals surface area contributed by atoms with E-state index in [2.05, 4.69) is 0 Å². The Labute approximate surface area is 85.6 Å². The maximum absolute atomic E-state index is 11.4. The van der Waals surface area contributed by atoms with Crippen molar-refractivity contribution in [2.45, 2.75) is 13.8 Å². The van der Waals surface area contributed by atoms with E-state index >= 15 is 0 Å². The highest BCUT2D eigenvalue weighted by molar-refractivity contribution is 7.91. The molecule has 0 fully saturated rings. The summed E-state index contributed by atoms with van der Waals surface area (Å²) in [6, 6.07) is 0. The fourth-order valence-corrected chi connectivity index (χ4v) is 3.04. The number of hydrazine groups is 1. The van der Waals surface area contributed by atoms with Gasteiger partial charge in [-0.1, -0.05) is 0 Å². The molecule has 0 aromatic carbocycles. The monoisotopic (exact) mass is 244 g/mol. The molecular weight excluding hydrogens is 228 g/mol. The quantitative estimate of drug-likeness (QED) is 0.609. The normalized spacial score (nSPS) is 13.9. The predicted molar refractivity (Wildman–Crippen MR) is 54.4 cm³/mol. The average molecular weight is 244 g/mol. The van der Waals surface area contributed by atoms with Crippen LogP contribution in [0, 0.1) is 0 Å². The molecule has 6 nitrogen and oxygen atoms in total. The van der Waals surface area contributed by atoms with Gasteiger partial charge in [-0.25, -0.2) is 16.8 Å². The molecule has 0 rings (SSSR count). The Morgan fingerprint density at radius 1 is 1.07 bits per heavy atom. The van der Waals surface area contributed by atoms with Crippen molar-refractivity contribution < 1.29 is 16.8 Å². The van der Waals surface area contributed by atoms with Crippen LogP contribution in [-0.4, -0.2) is 51.3 Å². The zero-order chi connectivity index (χ0) is 11.6. The van der Waals surface area contributed by atoms with Crippen LogP contribution in [0.5, 0.6) is 0 Å². The minimum atomic E-state index is -3.53. The van der Waals surface area contributed by atoms with Crippen molar-refractivity contribution in [1.29, 1.82) is 0 Å². The lowest BCUT2D eigenvalue weighted by Gasteiger charge is -2.27. The number of rotatable bonds is 5. The third-order valence-corrected chi connectivity index (χ3v) is 4.89. The molecule has 0 saturated heterocycles. The Morgan fingerprint density at radius 2 is 1.50 bits per heavy atom. The summed E-state index contributed by atoms with van der Waals surface area (Å²) in [5.41, 5.74) is 0. The molecule has 0 bridgehead atoms. The third-order valence-electron chi connectivity index (χ3n) is 1.75. The first kappa shape index (κ1) is 13.8. The Balaban J connectivity index is 5.14. The average Bonchev–Trinajstić information content (AvgIpc) is 2.03. The highest BCUT2D eigenvalue weighted by Gasteiger charge is 2.27. The molecule has 0 aromatic heterocycles. The van der Waals surface area contributed by atoms with Gasteiger partial charge in [0.25, 0.3) is 0 Å². The Hall–Kier alpha value is -0.180. The van der Waals surface area contributed by atoms with Crippen LogP contribution in [0.15, 0.2) is 0 Å². The topological polar surface area (TPSA) is 74.8 Å². The number of sulfonamides is 2. The van der Waals surface area contributed by atoms with E-state index in [1.54, 1.807) is 6.92 Å². The minimum absolute atomic E-state index is 0.0970. The molecular formula is C6H16N2O4S2. The van der Waals surface area contributed by atoms with Gasteiger partial charge in [-0.05, 0) is 13.8 Å². The van der Waals surface area contributed by atoms with Gasteiger partial charge in [0.2, 0.25) is 20.0 Å². The largest absolute Gasteiger partial charge is 0.227 e. The van der Waals surface area contributed by atoms with E-state index in [0.717, 1.165) is 15.1 Å². The van der Waals surface area contributed by atoms with Crippen LogP contribution in [-0.2, 0) is 20.0 Å². The minimum Gasteiger partial charge on any atom is -0.211 e. The first-order valence-corrected chi connectivity index (χ1v) is 7.56. The highest BCUT2D eigenvalue weighted by Crippen LogP contribution is 2.07. The summed E-state index contributed by atoms with van der Waals surface area (Å²) in [5.74, 6) is -0.124. The third kappa shape index (κ3) is 3.19. The first-order valence-electron chi connectivity index (χ1n) is 4.11. The van der Waals surface area contributed by atoms with E-state index in [9.17, 15) is 16.8 Å². The van der Waals surface area contributed by atoms with Gasteiger partial charge in [-0.15, -0.1) is 8.83 Å². The van der Waals surface area contributed by atoms with E-state index in [4.69, 9.17) is 0 Å². The van der Waals surface area contributed by atoms with Gasteiger partial charge in [0, 0.05) is 13.6 Å². The van der Waals surface area contributed by atoms with Gasteiger partial charge in [-0.2, -0.15) is 0 Å². The van der Waals surface area contributed by atoms with Gasteiger partial charge in [-0.3, -0.25) is 0 Å². The Morgan fingerprint density at radius 3 is 1.71 bits per heavy atom. The maximum atomic E-state index is 11.4. The lowest BCUT2D eigenvalue weighted by Crippen LogP contribution is -2.47. The van der Waals surface area contributed by atoms with Crippen LogP contribution in [0.25, 0.3) is 0 Å². The molecule has 14 heavy (non-hydrogen) atoms. The summed E-state index contributed by atoms with van der Waals surface area (Å²) in [7, 11) is -5.83. The molecule has 86 valence electrons. The van der Waals surface area contributed by atoms with Gasteiger partial charge in [0.1, 0.15) is 0 Å². The molecule has 8 heteroatoms. The molecule has 0 heterocycles. The van der Waals surface area contributed by atoms with E-state index in [-0.39, 0.29) is 12.3 Å². The second kappa shape index (κ2) is 4.56. The molecule has 0 amide bonds. The van der Waals surface area contributed by atoms with Crippen molar-refractivity contribution >= 4 is 20.0 Å². The fourth-order valence-electron chi connectivity index (χ4n) is 0.885. The lowest BCUT2D eigenvalue weighted by atomic mass is 10.8. The zero-order valence-electron chi connectivity index (χ0n) is 8.76. The molecule has 0 aliphatic carbocycles. The maximum Gasteiger partial charge on any atom is 0.227 e. The summed E-state index contributed by atoms with van der Waals surface area (Å²) in [6.45, 7) is 3.14. The molecule has 0 aliphatic heterocycles. The zero-order valence-corrected chi connectivity index (χ0v) is 10.4. The first-order chi connectivity index (χ1) is 6.16. The van der Waals surface area contributed by atoms with Gasteiger partial charge >= 0.3 is 0 Å². The van der Waals surface area contributed by atoms with E-state index in [1.807, 2.05) is 0 Å². The molecule has 0 aromatic rings. The molecule has 0 saturated carbocycles. The smallest absolute Gasteiger partial charge is 0.211 e. The highest BCUT2D eigenvalue weighted by atomic mass is 32.2. The standard InChI is InChI=1S/C6H16N2O4S2/c1-5-8(14(11,12)6-2)7(3)13(4,9)10/h5-6H2,1-4H3. The van der Waals surface area contributed by atoms with Gasteiger partial charge in [0.05, 0.1) is 12.0 Å². The summed E-state index contributed by atoms with van der Waals surface area (Å²) < 4.78 is 46.7. The van der Waals surface area contributed by atoms with Gasteiger partial charge < -0.3 is 0 Å². The van der Waals surface area contributed by atoms with Gasteiger partial charge in [0.15, 0.2) is 0 Å². The van der Waals surface area contributed by atoms with Crippen molar-refractivity contribution in [2.24, 2.45) is 0 Å². The summed E-state index contributed by atoms with van der Waals surface area (Å²) in [4.78, 5) is 0. The number of hydrogen-bond acceptors (Lipinski definition) is 4. The lowest BCUT2D eigenvalue weighted by molar-refractivity contribution is 0.205. The predicted octanol–water partition coefficient (Wildman–Crippen LogP) is -0.536. The molecule has 0 unspecified atom stereocenters. The molecule has 0 N–H and O–H groups in total. The van der Waals surface area contributed by atoms with Crippen LogP contribution in [0.2, 0.25) is 0 Å².